The summed E-state index contributed by atoms with van der Waals surface area (Å²) in [7, 11) is 0. The Labute approximate surface area is 97.1 Å². The Bertz CT molecular complexity index is 148. The van der Waals surface area contributed by atoms with Gasteiger partial charge in [-0.25, -0.2) is 0 Å². The van der Waals surface area contributed by atoms with Gasteiger partial charge in [-0.3, -0.25) is 0 Å². The topological polar surface area (TPSA) is 20.2 Å². The van der Waals surface area contributed by atoms with Gasteiger partial charge >= 0.3 is 0 Å². The highest BCUT2D eigenvalue weighted by atomic mass is 35.5. The summed E-state index contributed by atoms with van der Waals surface area (Å²) in [6.07, 6.45) is 9.29. The van der Waals surface area contributed by atoms with Gasteiger partial charge in [0.15, 0.2) is 0 Å². The molecule has 0 aliphatic rings. The van der Waals surface area contributed by atoms with Crippen LogP contribution in [0.15, 0.2) is 12.2 Å². The molecule has 2 atom stereocenters. The van der Waals surface area contributed by atoms with Crippen LogP contribution in [0.3, 0.4) is 0 Å². The van der Waals surface area contributed by atoms with Crippen molar-refractivity contribution >= 4 is 23.2 Å². The van der Waals surface area contributed by atoms with Crippen LogP contribution in [-0.4, -0.2) is 22.5 Å². The SMILES string of the molecule is CCCCCCC=CC(Cl)C(O)CCl. The van der Waals surface area contributed by atoms with Gasteiger partial charge in [0.1, 0.15) is 0 Å². The van der Waals surface area contributed by atoms with E-state index in [1.54, 1.807) is 0 Å². The van der Waals surface area contributed by atoms with Crippen molar-refractivity contribution in [1.29, 1.82) is 0 Å². The molecule has 0 heterocycles. The minimum absolute atomic E-state index is 0.189. The Morgan fingerprint density at radius 1 is 1.29 bits per heavy atom. The zero-order valence-electron chi connectivity index (χ0n) is 8.76. The Morgan fingerprint density at radius 3 is 2.57 bits per heavy atom. The lowest BCUT2D eigenvalue weighted by Gasteiger charge is -2.08. The number of aliphatic hydroxyl groups is 1. The average Bonchev–Trinajstić information content (AvgIpc) is 2.21. The zero-order valence-corrected chi connectivity index (χ0v) is 10.3. The maximum Gasteiger partial charge on any atom is 0.0874 e. The lowest BCUT2D eigenvalue weighted by atomic mass is 10.1. The average molecular weight is 239 g/mol. The summed E-state index contributed by atoms with van der Waals surface area (Å²) in [4.78, 5) is 0. The molecule has 0 aromatic carbocycles. The molecular formula is C11H20Cl2O. The number of alkyl halides is 2. The quantitative estimate of drug-likeness (QED) is 0.389. The van der Waals surface area contributed by atoms with E-state index >= 15 is 0 Å². The predicted octanol–water partition coefficient (Wildman–Crippen LogP) is 3.72. The molecule has 14 heavy (non-hydrogen) atoms. The van der Waals surface area contributed by atoms with Crippen LogP contribution in [0.2, 0.25) is 0 Å². The summed E-state index contributed by atoms with van der Waals surface area (Å²) >= 11 is 11.3. The molecule has 0 amide bonds. The van der Waals surface area contributed by atoms with Crippen LogP contribution in [0.25, 0.3) is 0 Å². The normalized spacial score (nSPS) is 16.0. The summed E-state index contributed by atoms with van der Waals surface area (Å²) in [6, 6.07) is 0. The van der Waals surface area contributed by atoms with Gasteiger partial charge in [-0.1, -0.05) is 38.3 Å². The van der Waals surface area contributed by atoms with Crippen molar-refractivity contribution in [2.24, 2.45) is 0 Å². The third-order valence-electron chi connectivity index (χ3n) is 2.07. The lowest BCUT2D eigenvalue weighted by Crippen LogP contribution is -2.20. The monoisotopic (exact) mass is 238 g/mol. The standard InChI is InChI=1S/C11H20Cl2O/c1-2-3-4-5-6-7-8-10(13)11(14)9-12/h7-8,10-11,14H,2-6,9H2,1H3. The molecule has 0 aliphatic carbocycles. The van der Waals surface area contributed by atoms with Crippen LogP contribution in [-0.2, 0) is 0 Å². The molecule has 0 saturated carbocycles. The van der Waals surface area contributed by atoms with E-state index in [0.717, 1.165) is 6.42 Å². The van der Waals surface area contributed by atoms with E-state index in [4.69, 9.17) is 23.2 Å². The van der Waals surface area contributed by atoms with Crippen molar-refractivity contribution in [3.63, 3.8) is 0 Å². The summed E-state index contributed by atoms with van der Waals surface area (Å²) in [6.45, 7) is 2.20. The molecule has 0 aromatic rings. The number of allylic oxidation sites excluding steroid dienone is 1. The number of halogens is 2. The Hall–Kier alpha value is 0.280. The maximum atomic E-state index is 9.25. The van der Waals surface area contributed by atoms with E-state index in [1.807, 2.05) is 12.2 Å². The highest BCUT2D eigenvalue weighted by Crippen LogP contribution is 2.09. The Kier molecular flexibility index (Phi) is 10.0. The fraction of sp³-hybridized carbons (Fsp3) is 0.818. The fourth-order valence-corrected chi connectivity index (χ4v) is 1.60. The van der Waals surface area contributed by atoms with Crippen LogP contribution in [0.1, 0.15) is 39.0 Å². The zero-order chi connectivity index (χ0) is 10.8. The van der Waals surface area contributed by atoms with Gasteiger partial charge in [-0.2, -0.15) is 0 Å². The number of hydrogen-bond donors (Lipinski definition) is 1. The fourth-order valence-electron chi connectivity index (χ4n) is 1.13. The minimum atomic E-state index is -0.634. The van der Waals surface area contributed by atoms with Gasteiger partial charge in [0.05, 0.1) is 17.4 Å². The lowest BCUT2D eigenvalue weighted by molar-refractivity contribution is 0.205. The second-order valence-corrected chi connectivity index (χ2v) is 4.26. The van der Waals surface area contributed by atoms with Gasteiger partial charge in [0.2, 0.25) is 0 Å². The van der Waals surface area contributed by atoms with E-state index in [1.165, 1.54) is 25.7 Å². The third kappa shape index (κ3) is 7.66. The van der Waals surface area contributed by atoms with Crippen molar-refractivity contribution in [2.45, 2.75) is 50.5 Å². The van der Waals surface area contributed by atoms with Crippen LogP contribution in [0.4, 0.5) is 0 Å². The number of hydrogen-bond acceptors (Lipinski definition) is 1. The van der Waals surface area contributed by atoms with E-state index in [-0.39, 0.29) is 11.3 Å². The molecule has 3 heteroatoms. The summed E-state index contributed by atoms with van der Waals surface area (Å²) < 4.78 is 0. The molecule has 1 N–H and O–H groups in total. The molecule has 0 aromatic heterocycles. The van der Waals surface area contributed by atoms with Crippen molar-refractivity contribution in [2.75, 3.05) is 5.88 Å². The van der Waals surface area contributed by atoms with Crippen molar-refractivity contribution < 1.29 is 5.11 Å². The third-order valence-corrected chi connectivity index (χ3v) is 2.82. The van der Waals surface area contributed by atoms with Gasteiger partial charge in [0, 0.05) is 0 Å². The van der Waals surface area contributed by atoms with E-state index in [0.29, 0.717) is 0 Å². The highest BCUT2D eigenvalue weighted by molar-refractivity contribution is 6.23. The van der Waals surface area contributed by atoms with Crippen molar-refractivity contribution in [1.82, 2.24) is 0 Å². The van der Waals surface area contributed by atoms with Crippen LogP contribution in [0, 0.1) is 0 Å². The van der Waals surface area contributed by atoms with Crippen LogP contribution < -0.4 is 0 Å². The maximum absolute atomic E-state index is 9.25. The smallest absolute Gasteiger partial charge is 0.0874 e. The largest absolute Gasteiger partial charge is 0.390 e. The van der Waals surface area contributed by atoms with Gasteiger partial charge in [0.25, 0.3) is 0 Å². The Balaban J connectivity index is 3.42. The van der Waals surface area contributed by atoms with E-state index < -0.39 is 6.10 Å². The van der Waals surface area contributed by atoms with Gasteiger partial charge in [-0.15, -0.1) is 23.2 Å². The first-order valence-electron chi connectivity index (χ1n) is 5.27. The summed E-state index contributed by atoms with van der Waals surface area (Å²) in [5.41, 5.74) is 0. The molecule has 0 radical (unpaired) electrons. The first-order chi connectivity index (χ1) is 6.72. The number of aliphatic hydroxyl groups excluding tert-OH is 1. The molecular weight excluding hydrogens is 219 g/mol. The molecule has 84 valence electrons. The molecule has 0 rings (SSSR count). The minimum Gasteiger partial charge on any atom is -0.390 e. The van der Waals surface area contributed by atoms with Crippen LogP contribution >= 0.6 is 23.2 Å². The van der Waals surface area contributed by atoms with Gasteiger partial charge in [-0.05, 0) is 12.8 Å². The summed E-state index contributed by atoms with van der Waals surface area (Å²) in [5.74, 6) is 0.189. The molecule has 0 aliphatic heterocycles. The molecule has 0 bridgehead atoms. The molecule has 1 nitrogen and oxygen atoms in total. The van der Waals surface area contributed by atoms with Crippen LogP contribution in [0.5, 0.6) is 0 Å². The van der Waals surface area contributed by atoms with Gasteiger partial charge < -0.3 is 5.11 Å². The first-order valence-corrected chi connectivity index (χ1v) is 6.24. The number of unbranched alkanes of at least 4 members (excludes halogenated alkanes) is 4. The number of rotatable bonds is 8. The predicted molar refractivity (Wildman–Crippen MR) is 64.3 cm³/mol. The first kappa shape index (κ1) is 14.3. The molecule has 0 spiro atoms. The van der Waals surface area contributed by atoms with Crippen molar-refractivity contribution in [3.05, 3.63) is 12.2 Å². The summed E-state index contributed by atoms with van der Waals surface area (Å²) in [5, 5.41) is 8.90. The van der Waals surface area contributed by atoms with Crippen molar-refractivity contribution in [3.8, 4) is 0 Å². The second-order valence-electron chi connectivity index (χ2n) is 3.44. The second kappa shape index (κ2) is 9.82. The highest BCUT2D eigenvalue weighted by Gasteiger charge is 2.10. The Morgan fingerprint density at radius 2 is 2.00 bits per heavy atom. The van der Waals surface area contributed by atoms with E-state index in [9.17, 15) is 5.11 Å². The molecule has 2 unspecified atom stereocenters. The molecule has 0 saturated heterocycles. The van der Waals surface area contributed by atoms with E-state index in [2.05, 4.69) is 6.92 Å². The molecule has 0 fully saturated rings.